The Morgan fingerprint density at radius 2 is 1.97 bits per heavy atom. The van der Waals surface area contributed by atoms with E-state index < -0.39 is 0 Å². The van der Waals surface area contributed by atoms with Crippen LogP contribution in [0.5, 0.6) is 11.5 Å². The summed E-state index contributed by atoms with van der Waals surface area (Å²) in [4.78, 5) is 20.0. The molecule has 1 atom stereocenters. The monoisotopic (exact) mass is 392 g/mol. The molecule has 4 N–H and O–H groups in total. The number of aromatic amines is 1. The zero-order valence-corrected chi connectivity index (χ0v) is 16.6. The van der Waals surface area contributed by atoms with Gasteiger partial charge in [0.1, 0.15) is 17.1 Å². The van der Waals surface area contributed by atoms with Crippen LogP contribution in [0.25, 0.3) is 11.0 Å². The molecule has 29 heavy (non-hydrogen) atoms. The summed E-state index contributed by atoms with van der Waals surface area (Å²) >= 11 is 0. The standard InChI is InChI=1S/C23H28N4O2/c24-15-17(23(28)27-18-4-2-1-3-5-18)14-16-6-8-19(9-7-16)29-21-11-13-26-22-20(21)10-12-25-22/h6-13,17-18H,1-5,14-15,24H2,(H,25,26)(H,27,28). The minimum atomic E-state index is -0.205. The van der Waals surface area contributed by atoms with Crippen molar-refractivity contribution in [3.63, 3.8) is 0 Å². The molecule has 0 saturated heterocycles. The van der Waals surface area contributed by atoms with Crippen LogP contribution < -0.4 is 15.8 Å². The minimum Gasteiger partial charge on any atom is -0.457 e. The van der Waals surface area contributed by atoms with Crippen LogP contribution >= 0.6 is 0 Å². The summed E-state index contributed by atoms with van der Waals surface area (Å²) in [6.07, 6.45) is 10.0. The molecule has 2 aromatic heterocycles. The third-order valence-corrected chi connectivity index (χ3v) is 5.66. The van der Waals surface area contributed by atoms with E-state index in [1.165, 1.54) is 19.3 Å². The third-order valence-electron chi connectivity index (χ3n) is 5.66. The van der Waals surface area contributed by atoms with Crippen LogP contribution in [-0.4, -0.2) is 28.5 Å². The maximum atomic E-state index is 12.6. The van der Waals surface area contributed by atoms with E-state index in [0.29, 0.717) is 19.0 Å². The Labute approximate surface area is 170 Å². The van der Waals surface area contributed by atoms with Gasteiger partial charge >= 0.3 is 0 Å². The molecule has 1 aromatic carbocycles. The van der Waals surface area contributed by atoms with Gasteiger partial charge in [0.25, 0.3) is 0 Å². The zero-order chi connectivity index (χ0) is 20.1. The van der Waals surface area contributed by atoms with E-state index in [2.05, 4.69) is 15.3 Å². The van der Waals surface area contributed by atoms with Crippen LogP contribution in [0, 0.1) is 5.92 Å². The summed E-state index contributed by atoms with van der Waals surface area (Å²) in [5, 5.41) is 4.14. The lowest BCUT2D eigenvalue weighted by atomic mass is 9.93. The Hall–Kier alpha value is -2.86. The van der Waals surface area contributed by atoms with Gasteiger partial charge in [0, 0.05) is 25.0 Å². The number of hydrogen-bond acceptors (Lipinski definition) is 4. The lowest BCUT2D eigenvalue weighted by Gasteiger charge is -2.25. The van der Waals surface area contributed by atoms with Crippen molar-refractivity contribution in [3.05, 3.63) is 54.4 Å². The average molecular weight is 393 g/mol. The molecule has 2 heterocycles. The van der Waals surface area contributed by atoms with Crippen molar-refractivity contribution < 1.29 is 9.53 Å². The van der Waals surface area contributed by atoms with Gasteiger partial charge in [-0.15, -0.1) is 0 Å². The van der Waals surface area contributed by atoms with Crippen molar-refractivity contribution in [2.45, 2.75) is 44.6 Å². The molecule has 0 aliphatic heterocycles. The van der Waals surface area contributed by atoms with E-state index in [-0.39, 0.29) is 11.8 Å². The first kappa shape index (κ1) is 19.5. The topological polar surface area (TPSA) is 93.0 Å². The Kier molecular flexibility index (Phi) is 6.10. The number of carbonyl (C=O) groups excluding carboxylic acids is 1. The predicted molar refractivity (Wildman–Crippen MR) is 114 cm³/mol. The van der Waals surface area contributed by atoms with E-state index in [4.69, 9.17) is 10.5 Å². The van der Waals surface area contributed by atoms with Crippen LogP contribution in [-0.2, 0) is 11.2 Å². The molecule has 1 aliphatic carbocycles. The lowest BCUT2D eigenvalue weighted by Crippen LogP contribution is -2.42. The Morgan fingerprint density at radius 1 is 1.17 bits per heavy atom. The van der Waals surface area contributed by atoms with Crippen molar-refractivity contribution in [1.29, 1.82) is 0 Å². The molecule has 4 rings (SSSR count). The normalized spacial score (nSPS) is 15.9. The number of pyridine rings is 1. The fraction of sp³-hybridized carbons (Fsp3) is 0.391. The van der Waals surface area contributed by atoms with Gasteiger partial charge in [0.2, 0.25) is 5.91 Å². The molecule has 1 fully saturated rings. The first-order valence-corrected chi connectivity index (χ1v) is 10.4. The summed E-state index contributed by atoms with van der Waals surface area (Å²) in [7, 11) is 0. The van der Waals surface area contributed by atoms with Gasteiger partial charge in [0.15, 0.2) is 0 Å². The number of nitrogens with two attached hydrogens (primary N) is 1. The molecule has 6 nitrogen and oxygen atoms in total. The van der Waals surface area contributed by atoms with E-state index in [1.54, 1.807) is 6.20 Å². The van der Waals surface area contributed by atoms with Crippen LogP contribution in [0.2, 0.25) is 0 Å². The number of carbonyl (C=O) groups is 1. The maximum absolute atomic E-state index is 12.6. The van der Waals surface area contributed by atoms with E-state index >= 15 is 0 Å². The number of H-pyrrole nitrogens is 1. The Bertz CT molecular complexity index is 945. The van der Waals surface area contributed by atoms with Gasteiger partial charge in [-0.2, -0.15) is 0 Å². The van der Waals surface area contributed by atoms with Crippen molar-refractivity contribution in [2.24, 2.45) is 11.7 Å². The van der Waals surface area contributed by atoms with Gasteiger partial charge in [-0.1, -0.05) is 31.4 Å². The average Bonchev–Trinajstić information content (AvgIpc) is 3.24. The summed E-state index contributed by atoms with van der Waals surface area (Å²) < 4.78 is 6.02. The van der Waals surface area contributed by atoms with Crippen molar-refractivity contribution >= 4 is 16.9 Å². The van der Waals surface area contributed by atoms with Gasteiger partial charge in [-0.3, -0.25) is 4.79 Å². The van der Waals surface area contributed by atoms with Crippen molar-refractivity contribution in [2.75, 3.05) is 6.54 Å². The number of amides is 1. The molecule has 0 bridgehead atoms. The first-order valence-electron chi connectivity index (χ1n) is 10.4. The number of hydrogen-bond donors (Lipinski definition) is 3. The molecule has 0 spiro atoms. The summed E-state index contributed by atoms with van der Waals surface area (Å²) in [6.45, 7) is 0.347. The quantitative estimate of drug-likeness (QED) is 0.568. The van der Waals surface area contributed by atoms with E-state index in [0.717, 1.165) is 40.9 Å². The molecule has 0 radical (unpaired) electrons. The number of fused-ring (bicyclic) bond motifs is 1. The number of nitrogens with zero attached hydrogens (tertiary/aromatic N) is 1. The molecule has 1 aliphatic rings. The molecule has 1 saturated carbocycles. The number of rotatable bonds is 7. The fourth-order valence-electron chi connectivity index (χ4n) is 3.98. The number of nitrogens with one attached hydrogen (secondary N) is 2. The highest BCUT2D eigenvalue weighted by Gasteiger charge is 2.22. The summed E-state index contributed by atoms with van der Waals surface area (Å²) in [6, 6.07) is 12.0. The van der Waals surface area contributed by atoms with Crippen molar-refractivity contribution in [3.8, 4) is 11.5 Å². The minimum absolute atomic E-state index is 0.0753. The van der Waals surface area contributed by atoms with Crippen LogP contribution in [0.4, 0.5) is 0 Å². The molecule has 6 heteroatoms. The summed E-state index contributed by atoms with van der Waals surface area (Å²) in [5.74, 6) is 1.38. The largest absolute Gasteiger partial charge is 0.457 e. The van der Waals surface area contributed by atoms with Gasteiger partial charge in [0.05, 0.1) is 11.3 Å². The zero-order valence-electron chi connectivity index (χ0n) is 16.6. The van der Waals surface area contributed by atoms with Gasteiger partial charge < -0.3 is 20.8 Å². The highest BCUT2D eigenvalue weighted by atomic mass is 16.5. The van der Waals surface area contributed by atoms with Gasteiger partial charge in [-0.25, -0.2) is 4.98 Å². The number of benzene rings is 1. The Morgan fingerprint density at radius 3 is 2.72 bits per heavy atom. The molecular weight excluding hydrogens is 364 g/mol. The van der Waals surface area contributed by atoms with Crippen LogP contribution in [0.15, 0.2) is 48.8 Å². The van der Waals surface area contributed by atoms with Crippen LogP contribution in [0.3, 0.4) is 0 Å². The molecule has 1 unspecified atom stereocenters. The third kappa shape index (κ3) is 4.77. The molecular formula is C23H28N4O2. The highest BCUT2D eigenvalue weighted by Crippen LogP contribution is 2.28. The number of aromatic nitrogens is 2. The van der Waals surface area contributed by atoms with E-state index in [9.17, 15) is 4.79 Å². The van der Waals surface area contributed by atoms with Gasteiger partial charge in [-0.05, 0) is 49.1 Å². The SMILES string of the molecule is NCC(Cc1ccc(Oc2ccnc3[nH]ccc23)cc1)C(=O)NC1CCCCC1. The second kappa shape index (κ2) is 9.09. The number of ether oxygens (including phenoxy) is 1. The maximum Gasteiger partial charge on any atom is 0.224 e. The molecule has 3 aromatic rings. The lowest BCUT2D eigenvalue weighted by molar-refractivity contribution is -0.125. The Balaban J connectivity index is 1.37. The molecule has 152 valence electrons. The smallest absolute Gasteiger partial charge is 0.224 e. The molecule has 1 amide bonds. The summed E-state index contributed by atoms with van der Waals surface area (Å²) in [5.41, 5.74) is 7.78. The first-order chi connectivity index (χ1) is 14.2. The second-order valence-electron chi connectivity index (χ2n) is 7.78. The van der Waals surface area contributed by atoms with Crippen molar-refractivity contribution in [1.82, 2.24) is 15.3 Å². The second-order valence-corrected chi connectivity index (χ2v) is 7.78. The fourth-order valence-corrected chi connectivity index (χ4v) is 3.98. The highest BCUT2D eigenvalue weighted by molar-refractivity contribution is 5.82. The van der Waals surface area contributed by atoms with E-state index in [1.807, 2.05) is 42.6 Å². The van der Waals surface area contributed by atoms with Crippen LogP contribution in [0.1, 0.15) is 37.7 Å². The predicted octanol–water partition coefficient (Wildman–Crippen LogP) is 3.92.